The molecule has 3 N–H and O–H groups in total. The third-order valence-corrected chi connectivity index (χ3v) is 4.41. The van der Waals surface area contributed by atoms with Crippen LogP contribution in [0.5, 0.6) is 0 Å². The first-order valence-corrected chi connectivity index (χ1v) is 6.79. The fourth-order valence-corrected chi connectivity index (χ4v) is 2.64. The van der Waals surface area contributed by atoms with Crippen LogP contribution < -0.4 is 10.5 Å². The highest BCUT2D eigenvalue weighted by atomic mass is 32.2. The lowest BCUT2D eigenvalue weighted by Gasteiger charge is -2.29. The first kappa shape index (κ1) is 15.0. The molecular weight excluding hydrogens is 262 g/mol. The van der Waals surface area contributed by atoms with E-state index in [-0.39, 0.29) is 4.90 Å². The second-order valence-corrected chi connectivity index (χ2v) is 6.37. The first-order valence-electron chi connectivity index (χ1n) is 5.31. The van der Waals surface area contributed by atoms with Crippen molar-refractivity contribution < 1.29 is 17.2 Å². The Hall–Kier alpha value is -1.05. The van der Waals surface area contributed by atoms with Crippen molar-refractivity contribution in [1.82, 2.24) is 4.72 Å². The smallest absolute Gasteiger partial charge is 0.241 e. The zero-order chi connectivity index (χ0) is 14.1. The van der Waals surface area contributed by atoms with Gasteiger partial charge in [-0.15, -0.1) is 0 Å². The molecule has 0 aromatic heterocycles. The Bertz CT molecular complexity index is 542. The summed E-state index contributed by atoms with van der Waals surface area (Å²) < 4.78 is 52.0. The van der Waals surface area contributed by atoms with Crippen molar-refractivity contribution in [2.24, 2.45) is 5.73 Å². The number of benzene rings is 1. The highest BCUT2D eigenvalue weighted by Gasteiger charge is 2.29. The Balaban J connectivity index is 3.11. The zero-order valence-corrected chi connectivity index (χ0v) is 11.2. The van der Waals surface area contributed by atoms with Crippen molar-refractivity contribution in [3.05, 3.63) is 29.8 Å². The molecule has 0 saturated heterocycles. The van der Waals surface area contributed by atoms with Crippen LogP contribution >= 0.6 is 0 Å². The van der Waals surface area contributed by atoms with Crippen LogP contribution in [-0.2, 0) is 10.0 Å². The lowest BCUT2D eigenvalue weighted by molar-refractivity contribution is 0.387. The second kappa shape index (κ2) is 4.91. The summed E-state index contributed by atoms with van der Waals surface area (Å²) in [4.78, 5) is -0.338. The molecule has 0 fully saturated rings. The summed E-state index contributed by atoms with van der Waals surface area (Å²) in [7, 11) is -3.94. The number of nitrogens with two attached hydrogens (primary N) is 1. The molecule has 0 bridgehead atoms. The van der Waals surface area contributed by atoms with Crippen molar-refractivity contribution in [1.29, 1.82) is 0 Å². The monoisotopic (exact) mass is 278 g/mol. The predicted octanol–water partition coefficient (Wildman–Crippen LogP) is 1.37. The summed E-state index contributed by atoms with van der Waals surface area (Å²) in [6.45, 7) is 4.86. The predicted molar refractivity (Wildman–Crippen MR) is 64.4 cm³/mol. The van der Waals surface area contributed by atoms with Gasteiger partial charge in [0.15, 0.2) is 11.6 Å². The summed E-state index contributed by atoms with van der Waals surface area (Å²) in [5, 5.41) is 0. The quantitative estimate of drug-likeness (QED) is 0.873. The molecule has 1 unspecified atom stereocenters. The average molecular weight is 278 g/mol. The Labute approximate surface area is 105 Å². The molecule has 102 valence electrons. The molecule has 0 heterocycles. The Morgan fingerprint density at radius 1 is 1.28 bits per heavy atom. The van der Waals surface area contributed by atoms with Crippen LogP contribution in [-0.4, -0.2) is 20.0 Å². The Morgan fingerprint density at radius 2 is 1.83 bits per heavy atom. The summed E-state index contributed by atoms with van der Waals surface area (Å²) >= 11 is 0. The number of rotatable bonds is 4. The van der Waals surface area contributed by atoms with Crippen LogP contribution in [0.4, 0.5) is 8.78 Å². The van der Waals surface area contributed by atoms with E-state index in [1.807, 2.05) is 0 Å². The van der Waals surface area contributed by atoms with E-state index in [1.165, 1.54) is 0 Å². The number of halogens is 2. The highest BCUT2D eigenvalue weighted by Crippen LogP contribution is 2.17. The van der Waals surface area contributed by atoms with Crippen LogP contribution in [0.3, 0.4) is 0 Å². The molecule has 1 aromatic carbocycles. The van der Waals surface area contributed by atoms with Crippen LogP contribution in [0.2, 0.25) is 0 Å². The molecule has 0 spiro atoms. The van der Waals surface area contributed by atoms with Crippen LogP contribution in [0, 0.1) is 11.6 Å². The molecular formula is C11H16F2N2O2S. The van der Waals surface area contributed by atoms with Crippen molar-refractivity contribution in [2.45, 2.75) is 37.2 Å². The Kier molecular flexibility index (Phi) is 4.09. The lowest BCUT2D eigenvalue weighted by Crippen LogP contribution is -2.54. The largest absolute Gasteiger partial charge is 0.326 e. The molecule has 0 saturated carbocycles. The van der Waals surface area contributed by atoms with Crippen LogP contribution in [0.1, 0.15) is 20.8 Å². The maximum absolute atomic E-state index is 13.0. The van der Waals surface area contributed by atoms with Gasteiger partial charge < -0.3 is 5.73 Å². The van der Waals surface area contributed by atoms with Gasteiger partial charge in [0, 0.05) is 11.6 Å². The fourth-order valence-electron chi connectivity index (χ4n) is 1.14. The summed E-state index contributed by atoms with van der Waals surface area (Å²) in [5.41, 5.74) is 4.75. The van der Waals surface area contributed by atoms with E-state index in [9.17, 15) is 17.2 Å². The van der Waals surface area contributed by atoms with Gasteiger partial charge in [-0.05, 0) is 39.0 Å². The van der Waals surface area contributed by atoms with E-state index >= 15 is 0 Å². The Morgan fingerprint density at radius 3 is 2.28 bits per heavy atom. The number of nitrogens with one attached hydrogen (secondary N) is 1. The molecule has 4 nitrogen and oxygen atoms in total. The van der Waals surface area contributed by atoms with E-state index < -0.39 is 33.2 Å². The highest BCUT2D eigenvalue weighted by molar-refractivity contribution is 7.89. The van der Waals surface area contributed by atoms with Crippen molar-refractivity contribution in [3.8, 4) is 0 Å². The minimum absolute atomic E-state index is 0.338. The minimum atomic E-state index is -3.94. The summed E-state index contributed by atoms with van der Waals surface area (Å²) in [6.07, 6.45) is 0. The van der Waals surface area contributed by atoms with E-state index in [2.05, 4.69) is 4.72 Å². The maximum atomic E-state index is 13.0. The third kappa shape index (κ3) is 3.24. The molecule has 18 heavy (non-hydrogen) atoms. The minimum Gasteiger partial charge on any atom is -0.326 e. The van der Waals surface area contributed by atoms with Gasteiger partial charge in [-0.3, -0.25) is 0 Å². The van der Waals surface area contributed by atoms with Gasteiger partial charge in [0.1, 0.15) is 0 Å². The summed E-state index contributed by atoms with van der Waals surface area (Å²) in [6, 6.07) is 1.95. The molecule has 0 aliphatic heterocycles. The van der Waals surface area contributed by atoms with Crippen molar-refractivity contribution in [2.75, 3.05) is 0 Å². The molecule has 7 heteroatoms. The van der Waals surface area contributed by atoms with Crippen molar-refractivity contribution >= 4 is 10.0 Å². The molecule has 1 aromatic rings. The molecule has 1 rings (SSSR count). The normalized spacial score (nSPS) is 14.6. The number of hydrogen-bond donors (Lipinski definition) is 2. The maximum Gasteiger partial charge on any atom is 0.241 e. The van der Waals surface area contributed by atoms with Gasteiger partial charge in [-0.2, -0.15) is 0 Å². The van der Waals surface area contributed by atoms with Crippen LogP contribution in [0.25, 0.3) is 0 Å². The van der Waals surface area contributed by atoms with E-state index in [0.29, 0.717) is 6.07 Å². The third-order valence-electron chi connectivity index (χ3n) is 2.74. The van der Waals surface area contributed by atoms with Crippen LogP contribution in [0.15, 0.2) is 23.1 Å². The van der Waals surface area contributed by atoms with E-state index in [4.69, 9.17) is 5.73 Å². The average Bonchev–Trinajstić information content (AvgIpc) is 2.20. The molecule has 0 amide bonds. The van der Waals surface area contributed by atoms with Gasteiger partial charge in [0.05, 0.1) is 4.90 Å². The molecule has 0 aliphatic rings. The summed E-state index contributed by atoms with van der Waals surface area (Å²) in [5.74, 6) is -2.31. The number of sulfonamides is 1. The van der Waals surface area contributed by atoms with E-state index in [1.54, 1.807) is 20.8 Å². The molecule has 1 atom stereocenters. The lowest BCUT2D eigenvalue weighted by atomic mass is 9.99. The molecule has 0 radical (unpaired) electrons. The zero-order valence-electron chi connectivity index (χ0n) is 10.4. The molecule has 0 aliphatic carbocycles. The van der Waals surface area contributed by atoms with Gasteiger partial charge >= 0.3 is 0 Å². The van der Waals surface area contributed by atoms with Crippen molar-refractivity contribution in [3.63, 3.8) is 0 Å². The van der Waals surface area contributed by atoms with Gasteiger partial charge in [0.25, 0.3) is 0 Å². The topological polar surface area (TPSA) is 72.2 Å². The second-order valence-electron chi connectivity index (χ2n) is 4.69. The van der Waals surface area contributed by atoms with E-state index in [0.717, 1.165) is 12.1 Å². The van der Waals surface area contributed by atoms with Gasteiger partial charge in [-0.25, -0.2) is 21.9 Å². The first-order chi connectivity index (χ1) is 8.06. The number of hydrogen-bond acceptors (Lipinski definition) is 3. The standard InChI is InChI=1S/C11H16F2N2O2S/c1-7(14)11(2,3)15-18(16,17)8-4-5-9(12)10(13)6-8/h4-7,15H,14H2,1-3H3. The van der Waals surface area contributed by atoms with Gasteiger partial charge in [0.2, 0.25) is 10.0 Å². The fraction of sp³-hybridized carbons (Fsp3) is 0.455. The SMILES string of the molecule is CC(N)C(C)(C)NS(=O)(=O)c1ccc(F)c(F)c1. The van der Waals surface area contributed by atoms with Gasteiger partial charge in [-0.1, -0.05) is 0 Å².